The molecule has 0 radical (unpaired) electrons. The van der Waals surface area contributed by atoms with Crippen LogP contribution < -0.4 is 5.32 Å². The highest BCUT2D eigenvalue weighted by molar-refractivity contribution is 7.99. The first-order valence-corrected chi connectivity index (χ1v) is 7.79. The molecule has 0 bridgehead atoms. The van der Waals surface area contributed by atoms with E-state index in [1.54, 1.807) is 0 Å². The maximum absolute atomic E-state index is 9.98. The molecule has 2 heterocycles. The highest BCUT2D eigenvalue weighted by Gasteiger charge is 2.17. The monoisotopic (exact) mass is 260 g/mol. The zero-order valence-corrected chi connectivity index (χ0v) is 11.3. The maximum atomic E-state index is 9.98. The molecule has 2 N–H and O–H groups in total. The fraction of sp³-hybridized carbons (Fsp3) is 1.00. The summed E-state index contributed by atoms with van der Waals surface area (Å²) < 4.78 is 5.30. The summed E-state index contributed by atoms with van der Waals surface area (Å²) in [5.74, 6) is 2.52. The molecule has 2 saturated heterocycles. The van der Waals surface area contributed by atoms with Crippen molar-refractivity contribution in [1.82, 2.24) is 10.2 Å². The molecule has 0 amide bonds. The van der Waals surface area contributed by atoms with E-state index in [1.807, 2.05) is 11.8 Å². The van der Waals surface area contributed by atoms with Crippen LogP contribution in [-0.4, -0.2) is 73.1 Å². The second kappa shape index (κ2) is 7.59. The number of ether oxygens (including phenoxy) is 1. The van der Waals surface area contributed by atoms with Crippen molar-refractivity contribution >= 4 is 11.8 Å². The van der Waals surface area contributed by atoms with E-state index >= 15 is 0 Å². The predicted octanol–water partition coefficient (Wildman–Crippen LogP) is 0.165. The lowest BCUT2D eigenvalue weighted by atomic mass is 10.1. The molecule has 2 aliphatic heterocycles. The van der Waals surface area contributed by atoms with E-state index in [0.29, 0.717) is 6.04 Å². The van der Waals surface area contributed by atoms with E-state index in [9.17, 15) is 5.11 Å². The first-order valence-electron chi connectivity index (χ1n) is 6.64. The summed E-state index contributed by atoms with van der Waals surface area (Å²) in [4.78, 5) is 2.28. The molecule has 0 spiro atoms. The van der Waals surface area contributed by atoms with Crippen molar-refractivity contribution in [3.8, 4) is 0 Å². The molecular formula is C12H24N2O2S. The zero-order chi connectivity index (χ0) is 11.9. The molecule has 0 aromatic rings. The van der Waals surface area contributed by atoms with E-state index in [1.165, 1.54) is 24.3 Å². The van der Waals surface area contributed by atoms with Gasteiger partial charge >= 0.3 is 0 Å². The molecule has 0 saturated carbocycles. The van der Waals surface area contributed by atoms with Gasteiger partial charge in [0, 0.05) is 32.2 Å². The summed E-state index contributed by atoms with van der Waals surface area (Å²) in [6, 6.07) is 0.621. The Morgan fingerprint density at radius 1 is 1.29 bits per heavy atom. The van der Waals surface area contributed by atoms with Crippen molar-refractivity contribution in [1.29, 1.82) is 0 Å². The third-order valence-electron chi connectivity index (χ3n) is 3.44. The Labute approximate surface area is 108 Å². The third kappa shape index (κ3) is 5.14. The van der Waals surface area contributed by atoms with Crippen molar-refractivity contribution in [2.75, 3.05) is 50.9 Å². The van der Waals surface area contributed by atoms with Gasteiger partial charge in [0.05, 0.1) is 19.3 Å². The predicted molar refractivity (Wildman–Crippen MR) is 71.6 cm³/mol. The fourth-order valence-electron chi connectivity index (χ4n) is 2.35. The molecule has 0 aromatic heterocycles. The summed E-state index contributed by atoms with van der Waals surface area (Å²) in [6.45, 7) is 5.03. The van der Waals surface area contributed by atoms with E-state index in [0.717, 1.165) is 39.4 Å². The number of hydrogen-bond donors (Lipinski definition) is 2. The van der Waals surface area contributed by atoms with E-state index in [2.05, 4.69) is 10.2 Å². The van der Waals surface area contributed by atoms with Crippen LogP contribution in [0.5, 0.6) is 0 Å². The molecular weight excluding hydrogens is 236 g/mol. The van der Waals surface area contributed by atoms with Crippen molar-refractivity contribution in [3.63, 3.8) is 0 Å². The minimum atomic E-state index is -0.248. The lowest BCUT2D eigenvalue weighted by Gasteiger charge is -2.30. The van der Waals surface area contributed by atoms with Gasteiger partial charge in [0.2, 0.25) is 0 Å². The molecule has 100 valence electrons. The second-order valence-electron chi connectivity index (χ2n) is 4.86. The summed E-state index contributed by atoms with van der Waals surface area (Å²) in [6.07, 6.45) is 2.24. The molecule has 2 rings (SSSR count). The normalized spacial score (nSPS) is 25.9. The molecule has 1 unspecified atom stereocenters. The number of rotatable bonds is 5. The van der Waals surface area contributed by atoms with Crippen molar-refractivity contribution in [3.05, 3.63) is 0 Å². The fourth-order valence-corrected chi connectivity index (χ4v) is 3.46. The molecule has 0 aromatic carbocycles. The number of nitrogens with zero attached hydrogens (tertiary/aromatic N) is 1. The Kier molecular flexibility index (Phi) is 6.08. The van der Waals surface area contributed by atoms with Crippen LogP contribution in [-0.2, 0) is 4.74 Å². The Morgan fingerprint density at radius 3 is 2.71 bits per heavy atom. The Morgan fingerprint density at radius 2 is 2.00 bits per heavy atom. The number of hydrogen-bond acceptors (Lipinski definition) is 5. The average molecular weight is 260 g/mol. The van der Waals surface area contributed by atoms with Gasteiger partial charge in [-0.25, -0.2) is 0 Å². The number of nitrogens with one attached hydrogen (secondary N) is 1. The minimum Gasteiger partial charge on any atom is -0.390 e. The van der Waals surface area contributed by atoms with Crippen molar-refractivity contribution < 1.29 is 9.84 Å². The van der Waals surface area contributed by atoms with Crippen LogP contribution in [0.25, 0.3) is 0 Å². The first kappa shape index (κ1) is 13.6. The zero-order valence-electron chi connectivity index (χ0n) is 10.4. The summed E-state index contributed by atoms with van der Waals surface area (Å²) >= 11 is 2.04. The van der Waals surface area contributed by atoms with E-state index in [-0.39, 0.29) is 6.10 Å². The van der Waals surface area contributed by atoms with Gasteiger partial charge in [0.1, 0.15) is 0 Å². The maximum Gasteiger partial charge on any atom is 0.0791 e. The number of thioether (sulfide) groups is 1. The Hall–Kier alpha value is 0.190. The number of aliphatic hydroxyl groups is 1. The van der Waals surface area contributed by atoms with Gasteiger partial charge in [-0.2, -0.15) is 11.8 Å². The lowest BCUT2D eigenvalue weighted by Crippen LogP contribution is -2.45. The van der Waals surface area contributed by atoms with Gasteiger partial charge < -0.3 is 15.2 Å². The Bertz CT molecular complexity index is 207. The van der Waals surface area contributed by atoms with Gasteiger partial charge in [0.15, 0.2) is 0 Å². The van der Waals surface area contributed by atoms with Crippen LogP contribution in [0.1, 0.15) is 12.8 Å². The summed E-state index contributed by atoms with van der Waals surface area (Å²) in [5, 5.41) is 13.5. The average Bonchev–Trinajstić information content (AvgIpc) is 2.39. The molecule has 2 aliphatic rings. The molecule has 5 heteroatoms. The lowest BCUT2D eigenvalue weighted by molar-refractivity contribution is 0.0144. The first-order chi connectivity index (χ1) is 8.34. The van der Waals surface area contributed by atoms with E-state index in [4.69, 9.17) is 4.74 Å². The smallest absolute Gasteiger partial charge is 0.0791 e. The highest BCUT2D eigenvalue weighted by Crippen LogP contribution is 2.16. The van der Waals surface area contributed by atoms with Crippen LogP contribution >= 0.6 is 11.8 Å². The van der Waals surface area contributed by atoms with E-state index < -0.39 is 0 Å². The quantitative estimate of drug-likeness (QED) is 0.737. The van der Waals surface area contributed by atoms with Crippen molar-refractivity contribution in [2.24, 2.45) is 0 Å². The van der Waals surface area contributed by atoms with Gasteiger partial charge in [0.25, 0.3) is 0 Å². The van der Waals surface area contributed by atoms with Crippen LogP contribution in [0.15, 0.2) is 0 Å². The molecule has 17 heavy (non-hydrogen) atoms. The van der Waals surface area contributed by atoms with Gasteiger partial charge in [-0.1, -0.05) is 0 Å². The van der Waals surface area contributed by atoms with Crippen LogP contribution in [0.2, 0.25) is 0 Å². The molecule has 0 aliphatic carbocycles. The number of β-amino-alcohol motifs (C(OH)–C–C–N with tert-alkyl or cyclic N) is 1. The van der Waals surface area contributed by atoms with Crippen molar-refractivity contribution in [2.45, 2.75) is 25.0 Å². The van der Waals surface area contributed by atoms with Gasteiger partial charge in [-0.15, -0.1) is 0 Å². The van der Waals surface area contributed by atoms with Crippen LogP contribution in [0.4, 0.5) is 0 Å². The van der Waals surface area contributed by atoms with Crippen LogP contribution in [0.3, 0.4) is 0 Å². The largest absolute Gasteiger partial charge is 0.390 e. The highest BCUT2D eigenvalue weighted by atomic mass is 32.2. The third-order valence-corrected chi connectivity index (χ3v) is 4.48. The van der Waals surface area contributed by atoms with Crippen LogP contribution in [0, 0.1) is 0 Å². The second-order valence-corrected chi connectivity index (χ2v) is 6.09. The molecule has 1 atom stereocenters. The summed E-state index contributed by atoms with van der Waals surface area (Å²) in [7, 11) is 0. The Balaban J connectivity index is 1.57. The molecule has 4 nitrogen and oxygen atoms in total. The number of morpholine rings is 1. The SMILES string of the molecule is OC(CNC1CCSCC1)CN1CCOCC1. The van der Waals surface area contributed by atoms with Gasteiger partial charge in [-0.3, -0.25) is 4.90 Å². The topological polar surface area (TPSA) is 44.7 Å². The van der Waals surface area contributed by atoms with Gasteiger partial charge in [-0.05, 0) is 24.3 Å². The minimum absolute atomic E-state index is 0.248. The molecule has 2 fully saturated rings. The number of aliphatic hydroxyl groups excluding tert-OH is 1. The standard InChI is InChI=1S/C12H24N2O2S/c15-12(10-14-3-5-16-6-4-14)9-13-11-1-7-17-8-2-11/h11-13,15H,1-10H2. The summed E-state index contributed by atoms with van der Waals surface area (Å²) in [5.41, 5.74) is 0.